The van der Waals surface area contributed by atoms with Gasteiger partial charge in [0.05, 0.1) is 11.7 Å². The first kappa shape index (κ1) is 15.2. The molecule has 0 spiro atoms. The predicted molar refractivity (Wildman–Crippen MR) is 81.5 cm³/mol. The molecule has 0 radical (unpaired) electrons. The van der Waals surface area contributed by atoms with Gasteiger partial charge in [0.25, 0.3) is 0 Å². The van der Waals surface area contributed by atoms with Crippen LogP contribution in [-0.2, 0) is 0 Å². The molecule has 0 amide bonds. The first-order valence-electron chi connectivity index (χ1n) is 5.89. The largest absolute Gasteiger partial charge is 0.322 e. The van der Waals surface area contributed by atoms with Gasteiger partial charge in [0, 0.05) is 10.9 Å². The van der Waals surface area contributed by atoms with E-state index in [1.54, 1.807) is 11.3 Å². The van der Waals surface area contributed by atoms with Crippen LogP contribution in [0.2, 0.25) is 0 Å². The molecule has 0 aliphatic carbocycles. The molecule has 18 heavy (non-hydrogen) atoms. The highest BCUT2D eigenvalue weighted by molar-refractivity contribution is 7.10. The SMILES string of the molecule is CC(C)c1ccc(-c2csc(C(C)N)n2)cc1.Cl. The van der Waals surface area contributed by atoms with Crippen LogP contribution in [0.3, 0.4) is 0 Å². The molecule has 0 aliphatic heterocycles. The fourth-order valence-corrected chi connectivity index (χ4v) is 2.45. The van der Waals surface area contributed by atoms with Crippen molar-refractivity contribution in [3.63, 3.8) is 0 Å². The van der Waals surface area contributed by atoms with Crippen molar-refractivity contribution in [1.82, 2.24) is 4.98 Å². The van der Waals surface area contributed by atoms with E-state index in [0.717, 1.165) is 16.3 Å². The Bertz CT molecular complexity index is 489. The molecule has 1 unspecified atom stereocenters. The molecule has 0 aliphatic rings. The van der Waals surface area contributed by atoms with E-state index in [4.69, 9.17) is 5.73 Å². The van der Waals surface area contributed by atoms with Crippen molar-refractivity contribution in [2.75, 3.05) is 0 Å². The lowest BCUT2D eigenvalue weighted by atomic mass is 10.0. The highest BCUT2D eigenvalue weighted by Crippen LogP contribution is 2.26. The zero-order chi connectivity index (χ0) is 12.4. The smallest absolute Gasteiger partial charge is 0.110 e. The number of hydrogen-bond acceptors (Lipinski definition) is 3. The minimum Gasteiger partial charge on any atom is -0.322 e. The Kier molecular flexibility index (Phi) is 5.32. The van der Waals surface area contributed by atoms with Crippen LogP contribution in [0.15, 0.2) is 29.6 Å². The molecule has 2 nitrogen and oxygen atoms in total. The summed E-state index contributed by atoms with van der Waals surface area (Å²) in [5.41, 5.74) is 9.36. The zero-order valence-electron chi connectivity index (χ0n) is 10.9. The summed E-state index contributed by atoms with van der Waals surface area (Å²) in [6.07, 6.45) is 0. The summed E-state index contributed by atoms with van der Waals surface area (Å²) in [6, 6.07) is 8.63. The summed E-state index contributed by atoms with van der Waals surface area (Å²) < 4.78 is 0. The Morgan fingerprint density at radius 3 is 2.17 bits per heavy atom. The number of nitrogens with two attached hydrogens (primary N) is 1. The molecular weight excluding hydrogens is 264 g/mol. The minimum atomic E-state index is 0. The van der Waals surface area contributed by atoms with Gasteiger partial charge in [0.1, 0.15) is 5.01 Å². The van der Waals surface area contributed by atoms with Crippen molar-refractivity contribution in [2.24, 2.45) is 5.73 Å². The van der Waals surface area contributed by atoms with Crippen LogP contribution in [0.4, 0.5) is 0 Å². The van der Waals surface area contributed by atoms with Crippen LogP contribution < -0.4 is 5.73 Å². The summed E-state index contributed by atoms with van der Waals surface area (Å²) in [5.74, 6) is 0.569. The topological polar surface area (TPSA) is 38.9 Å². The molecule has 1 atom stereocenters. The second kappa shape index (κ2) is 6.32. The highest BCUT2D eigenvalue weighted by Gasteiger charge is 2.08. The van der Waals surface area contributed by atoms with Crippen molar-refractivity contribution in [1.29, 1.82) is 0 Å². The lowest BCUT2D eigenvalue weighted by Crippen LogP contribution is -2.03. The van der Waals surface area contributed by atoms with E-state index in [9.17, 15) is 0 Å². The highest BCUT2D eigenvalue weighted by atomic mass is 35.5. The fourth-order valence-electron chi connectivity index (χ4n) is 1.67. The Morgan fingerprint density at radius 2 is 1.72 bits per heavy atom. The van der Waals surface area contributed by atoms with Gasteiger partial charge in [-0.2, -0.15) is 0 Å². The van der Waals surface area contributed by atoms with Crippen LogP contribution in [-0.4, -0.2) is 4.98 Å². The van der Waals surface area contributed by atoms with E-state index in [0.29, 0.717) is 5.92 Å². The summed E-state index contributed by atoms with van der Waals surface area (Å²) in [4.78, 5) is 4.55. The van der Waals surface area contributed by atoms with E-state index < -0.39 is 0 Å². The summed E-state index contributed by atoms with van der Waals surface area (Å²) in [6.45, 7) is 6.36. The van der Waals surface area contributed by atoms with Crippen LogP contribution >= 0.6 is 23.7 Å². The third kappa shape index (κ3) is 3.31. The van der Waals surface area contributed by atoms with Gasteiger partial charge in [-0.3, -0.25) is 0 Å². The molecule has 98 valence electrons. The van der Waals surface area contributed by atoms with Gasteiger partial charge < -0.3 is 5.73 Å². The number of halogens is 1. The van der Waals surface area contributed by atoms with E-state index in [2.05, 4.69) is 48.5 Å². The molecule has 0 bridgehead atoms. The summed E-state index contributed by atoms with van der Waals surface area (Å²) in [5, 5.41) is 3.07. The number of rotatable bonds is 3. The molecule has 2 rings (SSSR count). The Hall–Kier alpha value is -0.900. The van der Waals surface area contributed by atoms with E-state index in [1.807, 2.05) is 6.92 Å². The molecule has 0 saturated heterocycles. The van der Waals surface area contributed by atoms with Gasteiger partial charge in [-0.25, -0.2) is 4.98 Å². The minimum absolute atomic E-state index is 0. The van der Waals surface area contributed by atoms with Crippen molar-refractivity contribution in [3.05, 3.63) is 40.2 Å². The first-order valence-corrected chi connectivity index (χ1v) is 6.77. The molecule has 4 heteroatoms. The van der Waals surface area contributed by atoms with Gasteiger partial charge in [0.15, 0.2) is 0 Å². The fraction of sp³-hybridized carbons (Fsp3) is 0.357. The lowest BCUT2D eigenvalue weighted by molar-refractivity contribution is 0.808. The maximum absolute atomic E-state index is 5.82. The van der Waals surface area contributed by atoms with Gasteiger partial charge in [0.2, 0.25) is 0 Å². The normalized spacial score (nSPS) is 12.3. The number of benzene rings is 1. The lowest BCUT2D eigenvalue weighted by Gasteiger charge is -2.05. The molecule has 1 heterocycles. The molecule has 1 aromatic carbocycles. The Labute approximate surface area is 119 Å². The van der Waals surface area contributed by atoms with Gasteiger partial charge in [-0.05, 0) is 18.4 Å². The monoisotopic (exact) mass is 282 g/mol. The van der Waals surface area contributed by atoms with Crippen molar-refractivity contribution < 1.29 is 0 Å². The maximum Gasteiger partial charge on any atom is 0.110 e. The predicted octanol–water partition coefficient (Wildman–Crippen LogP) is 4.38. The average molecular weight is 283 g/mol. The summed E-state index contributed by atoms with van der Waals surface area (Å²) in [7, 11) is 0. The van der Waals surface area contributed by atoms with Crippen LogP contribution in [0.1, 0.15) is 43.3 Å². The van der Waals surface area contributed by atoms with E-state index in [1.165, 1.54) is 5.56 Å². The van der Waals surface area contributed by atoms with Gasteiger partial charge in [-0.1, -0.05) is 38.1 Å². The average Bonchev–Trinajstić information content (AvgIpc) is 2.78. The molecule has 2 aromatic rings. The number of thiazole rings is 1. The van der Waals surface area contributed by atoms with Crippen molar-refractivity contribution in [3.8, 4) is 11.3 Å². The van der Waals surface area contributed by atoms with Crippen molar-refractivity contribution in [2.45, 2.75) is 32.7 Å². The summed E-state index contributed by atoms with van der Waals surface area (Å²) >= 11 is 1.63. The van der Waals surface area contributed by atoms with Gasteiger partial charge >= 0.3 is 0 Å². The molecule has 2 N–H and O–H groups in total. The zero-order valence-corrected chi connectivity index (χ0v) is 12.5. The number of nitrogens with zero attached hydrogens (tertiary/aromatic N) is 1. The van der Waals surface area contributed by atoms with Crippen LogP contribution in [0.5, 0.6) is 0 Å². The van der Waals surface area contributed by atoms with Crippen LogP contribution in [0, 0.1) is 0 Å². The quantitative estimate of drug-likeness (QED) is 0.907. The van der Waals surface area contributed by atoms with Crippen LogP contribution in [0.25, 0.3) is 11.3 Å². The third-order valence-corrected chi connectivity index (χ3v) is 3.83. The second-order valence-corrected chi connectivity index (χ2v) is 5.53. The first-order chi connectivity index (χ1) is 8.08. The van der Waals surface area contributed by atoms with E-state index >= 15 is 0 Å². The molecule has 0 saturated carbocycles. The van der Waals surface area contributed by atoms with E-state index in [-0.39, 0.29) is 18.4 Å². The maximum atomic E-state index is 5.82. The third-order valence-electron chi connectivity index (χ3n) is 2.78. The Balaban J connectivity index is 0.00000162. The number of hydrogen-bond donors (Lipinski definition) is 1. The second-order valence-electron chi connectivity index (χ2n) is 4.64. The standard InChI is InChI=1S/C14H18N2S.ClH/c1-9(2)11-4-6-12(7-5-11)13-8-17-14(16-13)10(3)15;/h4-10H,15H2,1-3H3;1H. The Morgan fingerprint density at radius 1 is 1.11 bits per heavy atom. The molecule has 1 aromatic heterocycles. The number of aromatic nitrogens is 1. The van der Waals surface area contributed by atoms with Crippen molar-refractivity contribution >= 4 is 23.7 Å². The molecule has 0 fully saturated rings. The molecular formula is C14H19ClN2S. The van der Waals surface area contributed by atoms with Gasteiger partial charge in [-0.15, -0.1) is 23.7 Å².